The standard InChI is InChI=1S/C20H17N3O2/c1-22-19-14-7-3-5-9-17(14)25-12-15(19)18(21-22)20(24)23-11-10-13-6-2-4-8-16(13)23/h2-9H,10-12H2,1H3. The minimum atomic E-state index is -0.0511. The van der Waals surface area contributed by atoms with Crippen LogP contribution in [0.4, 0.5) is 5.69 Å². The molecular formula is C20H17N3O2. The van der Waals surface area contributed by atoms with Crippen LogP contribution in [0, 0.1) is 0 Å². The fourth-order valence-corrected chi connectivity index (χ4v) is 3.83. The molecule has 2 aliphatic heterocycles. The van der Waals surface area contributed by atoms with Crippen molar-refractivity contribution in [3.8, 4) is 17.0 Å². The van der Waals surface area contributed by atoms with Crippen LogP contribution in [0.2, 0.25) is 0 Å². The molecule has 0 unspecified atom stereocenters. The fraction of sp³-hybridized carbons (Fsp3) is 0.200. The van der Waals surface area contributed by atoms with Crippen LogP contribution in [0.1, 0.15) is 21.6 Å². The smallest absolute Gasteiger partial charge is 0.279 e. The van der Waals surface area contributed by atoms with Gasteiger partial charge in [0.15, 0.2) is 5.69 Å². The molecule has 0 fully saturated rings. The second-order valence-electron chi connectivity index (χ2n) is 6.42. The van der Waals surface area contributed by atoms with Gasteiger partial charge in [0.25, 0.3) is 5.91 Å². The number of benzene rings is 2. The molecular weight excluding hydrogens is 314 g/mol. The van der Waals surface area contributed by atoms with Crippen molar-refractivity contribution < 1.29 is 9.53 Å². The van der Waals surface area contributed by atoms with Gasteiger partial charge >= 0.3 is 0 Å². The average molecular weight is 331 g/mol. The molecule has 0 spiro atoms. The van der Waals surface area contributed by atoms with Gasteiger partial charge in [-0.3, -0.25) is 9.48 Å². The molecule has 1 amide bonds. The first-order valence-electron chi connectivity index (χ1n) is 8.42. The molecule has 2 aromatic carbocycles. The number of fused-ring (bicyclic) bond motifs is 4. The summed E-state index contributed by atoms with van der Waals surface area (Å²) >= 11 is 0. The van der Waals surface area contributed by atoms with Crippen LogP contribution in [0.25, 0.3) is 11.3 Å². The third-order valence-electron chi connectivity index (χ3n) is 4.99. The molecule has 5 rings (SSSR count). The molecule has 1 aromatic heterocycles. The number of ether oxygens (including phenoxy) is 1. The van der Waals surface area contributed by atoms with E-state index >= 15 is 0 Å². The molecule has 3 heterocycles. The van der Waals surface area contributed by atoms with Gasteiger partial charge in [-0.25, -0.2) is 0 Å². The van der Waals surface area contributed by atoms with Crippen LogP contribution >= 0.6 is 0 Å². The first kappa shape index (κ1) is 14.3. The quantitative estimate of drug-likeness (QED) is 0.688. The highest BCUT2D eigenvalue weighted by Gasteiger charge is 2.33. The van der Waals surface area contributed by atoms with Gasteiger partial charge in [0.2, 0.25) is 0 Å². The normalized spacial score (nSPS) is 14.5. The number of anilines is 1. The zero-order valence-electron chi connectivity index (χ0n) is 13.9. The second-order valence-corrected chi connectivity index (χ2v) is 6.42. The van der Waals surface area contributed by atoms with Gasteiger partial charge < -0.3 is 9.64 Å². The van der Waals surface area contributed by atoms with Crippen LogP contribution in [0.5, 0.6) is 5.75 Å². The lowest BCUT2D eigenvalue weighted by Crippen LogP contribution is -2.30. The summed E-state index contributed by atoms with van der Waals surface area (Å²) in [7, 11) is 1.88. The third-order valence-corrected chi connectivity index (χ3v) is 4.99. The van der Waals surface area contributed by atoms with E-state index in [9.17, 15) is 4.79 Å². The van der Waals surface area contributed by atoms with Crippen molar-refractivity contribution in [2.45, 2.75) is 13.0 Å². The number of aryl methyl sites for hydroxylation is 1. The topological polar surface area (TPSA) is 47.4 Å². The molecule has 0 saturated heterocycles. The Bertz CT molecular complexity index is 1010. The third kappa shape index (κ3) is 2.02. The van der Waals surface area contributed by atoms with Crippen molar-refractivity contribution in [3.05, 3.63) is 65.4 Å². The molecule has 0 atom stereocenters. The van der Waals surface area contributed by atoms with Crippen LogP contribution in [-0.4, -0.2) is 22.2 Å². The maximum Gasteiger partial charge on any atom is 0.279 e. The van der Waals surface area contributed by atoms with Crippen LogP contribution in [-0.2, 0) is 20.1 Å². The van der Waals surface area contributed by atoms with Gasteiger partial charge in [0.05, 0.1) is 5.69 Å². The molecule has 0 saturated carbocycles. The maximum absolute atomic E-state index is 13.2. The summed E-state index contributed by atoms with van der Waals surface area (Å²) in [6, 6.07) is 15.9. The SMILES string of the molecule is Cn1nc(C(=O)N2CCc3ccccc32)c2c1-c1ccccc1OC2. The van der Waals surface area contributed by atoms with Crippen molar-refractivity contribution in [1.82, 2.24) is 9.78 Å². The summed E-state index contributed by atoms with van der Waals surface area (Å²) in [6.07, 6.45) is 0.885. The fourth-order valence-electron chi connectivity index (χ4n) is 3.83. The first-order valence-corrected chi connectivity index (χ1v) is 8.42. The van der Waals surface area contributed by atoms with Gasteiger partial charge in [-0.2, -0.15) is 5.10 Å². The summed E-state index contributed by atoms with van der Waals surface area (Å²) in [5.74, 6) is 0.785. The zero-order chi connectivity index (χ0) is 17.0. The maximum atomic E-state index is 13.2. The Hall–Kier alpha value is -3.08. The Kier molecular flexibility index (Phi) is 2.98. The molecule has 25 heavy (non-hydrogen) atoms. The molecule has 3 aromatic rings. The molecule has 0 bridgehead atoms. The van der Waals surface area contributed by atoms with Gasteiger partial charge in [-0.05, 0) is 30.2 Å². The minimum absolute atomic E-state index is 0.0511. The number of rotatable bonds is 1. The van der Waals surface area contributed by atoms with Crippen molar-refractivity contribution >= 4 is 11.6 Å². The van der Waals surface area contributed by atoms with Gasteiger partial charge in [0, 0.05) is 30.4 Å². The van der Waals surface area contributed by atoms with E-state index in [1.807, 2.05) is 54.4 Å². The first-order chi connectivity index (χ1) is 12.2. The summed E-state index contributed by atoms with van der Waals surface area (Å²) in [5.41, 5.74) is 5.52. The number of aromatic nitrogens is 2. The number of nitrogens with zero attached hydrogens (tertiary/aromatic N) is 3. The lowest BCUT2D eigenvalue weighted by molar-refractivity contribution is 0.0981. The van der Waals surface area contributed by atoms with Crippen molar-refractivity contribution in [3.63, 3.8) is 0 Å². The number of hydrogen-bond acceptors (Lipinski definition) is 3. The van der Waals surface area contributed by atoms with Crippen molar-refractivity contribution in [2.75, 3.05) is 11.4 Å². The van der Waals surface area contributed by atoms with Crippen molar-refractivity contribution in [2.24, 2.45) is 7.05 Å². The van der Waals surface area contributed by atoms with E-state index in [2.05, 4.69) is 11.2 Å². The van der Waals surface area contributed by atoms with Gasteiger partial charge in [-0.1, -0.05) is 30.3 Å². The van der Waals surface area contributed by atoms with E-state index < -0.39 is 0 Å². The average Bonchev–Trinajstić information content (AvgIpc) is 3.23. The number of para-hydroxylation sites is 2. The monoisotopic (exact) mass is 331 g/mol. The van der Waals surface area contributed by atoms with Crippen LogP contribution in [0.3, 0.4) is 0 Å². The minimum Gasteiger partial charge on any atom is -0.488 e. The van der Waals surface area contributed by atoms with Crippen LogP contribution < -0.4 is 9.64 Å². The summed E-state index contributed by atoms with van der Waals surface area (Å²) in [5, 5.41) is 4.55. The van der Waals surface area contributed by atoms with E-state index in [-0.39, 0.29) is 5.91 Å². The Morgan fingerprint density at radius 1 is 1.12 bits per heavy atom. The largest absolute Gasteiger partial charge is 0.488 e. The molecule has 0 aliphatic carbocycles. The molecule has 2 aliphatic rings. The number of carbonyl (C=O) groups is 1. The summed E-state index contributed by atoms with van der Waals surface area (Å²) in [4.78, 5) is 15.0. The predicted octanol–water partition coefficient (Wildman–Crippen LogP) is 3.18. The number of hydrogen-bond donors (Lipinski definition) is 0. The second kappa shape index (κ2) is 5.21. The number of carbonyl (C=O) groups excluding carboxylic acids is 1. The van der Waals surface area contributed by atoms with E-state index in [4.69, 9.17) is 4.74 Å². The molecule has 5 nitrogen and oxygen atoms in total. The highest BCUT2D eigenvalue weighted by molar-refractivity contribution is 6.08. The zero-order valence-corrected chi connectivity index (χ0v) is 13.9. The van der Waals surface area contributed by atoms with E-state index in [0.29, 0.717) is 18.8 Å². The van der Waals surface area contributed by atoms with Crippen LogP contribution in [0.15, 0.2) is 48.5 Å². The molecule has 0 radical (unpaired) electrons. The van der Waals surface area contributed by atoms with E-state index in [1.165, 1.54) is 5.56 Å². The Morgan fingerprint density at radius 3 is 2.84 bits per heavy atom. The van der Waals surface area contributed by atoms with Crippen molar-refractivity contribution in [1.29, 1.82) is 0 Å². The highest BCUT2D eigenvalue weighted by Crippen LogP contribution is 2.39. The summed E-state index contributed by atoms with van der Waals surface area (Å²) in [6.45, 7) is 1.07. The Morgan fingerprint density at radius 2 is 1.92 bits per heavy atom. The van der Waals surface area contributed by atoms with E-state index in [1.54, 1.807) is 4.68 Å². The number of amides is 1. The highest BCUT2D eigenvalue weighted by atomic mass is 16.5. The molecule has 124 valence electrons. The van der Waals surface area contributed by atoms with Gasteiger partial charge in [0.1, 0.15) is 12.4 Å². The lowest BCUT2D eigenvalue weighted by Gasteiger charge is -2.20. The summed E-state index contributed by atoms with van der Waals surface area (Å²) < 4.78 is 7.66. The van der Waals surface area contributed by atoms with Gasteiger partial charge in [-0.15, -0.1) is 0 Å². The van der Waals surface area contributed by atoms with E-state index in [0.717, 1.165) is 34.7 Å². The Balaban J connectivity index is 1.61. The predicted molar refractivity (Wildman–Crippen MR) is 94.8 cm³/mol. The lowest BCUT2D eigenvalue weighted by atomic mass is 10.0. The molecule has 0 N–H and O–H groups in total. The Labute approximate surface area is 145 Å². The molecule has 5 heteroatoms.